The Morgan fingerprint density at radius 2 is 2.09 bits per heavy atom. The Balaban J connectivity index is 0.00000220. The van der Waals surface area contributed by atoms with Crippen molar-refractivity contribution in [1.29, 1.82) is 0 Å². The van der Waals surface area contributed by atoms with Crippen LogP contribution >= 0.6 is 24.8 Å². The fourth-order valence-electron chi connectivity index (χ4n) is 2.67. The van der Waals surface area contributed by atoms with E-state index < -0.39 is 24.9 Å². The lowest BCUT2D eigenvalue weighted by Gasteiger charge is -2.38. The van der Waals surface area contributed by atoms with Crippen LogP contribution in [0.25, 0.3) is 0 Å². The predicted molar refractivity (Wildman–Crippen MR) is 85.3 cm³/mol. The molecule has 0 saturated carbocycles. The van der Waals surface area contributed by atoms with Crippen molar-refractivity contribution in [3.05, 3.63) is 0 Å². The second kappa shape index (κ2) is 8.59. The second-order valence-corrected chi connectivity index (χ2v) is 6.17. The highest BCUT2D eigenvalue weighted by molar-refractivity contribution is 5.85. The number of carbonyl (C=O) groups excluding carboxylic acids is 1. The Hall–Kier alpha value is -0.210. The molecule has 2 rings (SSSR count). The van der Waals surface area contributed by atoms with E-state index in [4.69, 9.17) is 4.74 Å². The predicted octanol–water partition coefficient (Wildman–Crippen LogP) is 1.05. The van der Waals surface area contributed by atoms with Gasteiger partial charge in [-0.1, -0.05) is 0 Å². The van der Waals surface area contributed by atoms with E-state index >= 15 is 0 Å². The maximum absolute atomic E-state index is 13.0. The van der Waals surface area contributed by atoms with Gasteiger partial charge in [-0.15, -0.1) is 24.8 Å². The summed E-state index contributed by atoms with van der Waals surface area (Å²) in [6.45, 7) is 7.15. The van der Waals surface area contributed by atoms with Gasteiger partial charge in [0.1, 0.15) is 0 Å². The fourth-order valence-corrected chi connectivity index (χ4v) is 2.67. The van der Waals surface area contributed by atoms with Gasteiger partial charge in [0.2, 0.25) is 5.91 Å². The highest BCUT2D eigenvalue weighted by Gasteiger charge is 2.42. The fraction of sp³-hybridized carbons (Fsp3) is 0.923. The monoisotopic (exact) mass is 363 g/mol. The van der Waals surface area contributed by atoms with Crippen molar-refractivity contribution in [3.8, 4) is 0 Å². The average molecular weight is 364 g/mol. The van der Waals surface area contributed by atoms with E-state index in [1.165, 1.54) is 0 Å². The molecule has 0 aromatic rings. The molecular formula is C13H25Cl2F2N3O2. The molecule has 0 aliphatic carbocycles. The topological polar surface area (TPSA) is 53.6 Å². The van der Waals surface area contributed by atoms with Crippen molar-refractivity contribution < 1.29 is 18.3 Å². The first-order chi connectivity index (χ1) is 9.27. The summed E-state index contributed by atoms with van der Waals surface area (Å²) >= 11 is 0. The van der Waals surface area contributed by atoms with Crippen molar-refractivity contribution in [1.82, 2.24) is 15.5 Å². The first kappa shape index (κ1) is 21.8. The van der Waals surface area contributed by atoms with Crippen LogP contribution in [0.15, 0.2) is 0 Å². The molecule has 132 valence electrons. The van der Waals surface area contributed by atoms with Gasteiger partial charge in [0.25, 0.3) is 5.92 Å². The van der Waals surface area contributed by atoms with Gasteiger partial charge >= 0.3 is 0 Å². The van der Waals surface area contributed by atoms with Crippen LogP contribution in [-0.2, 0) is 9.53 Å². The maximum atomic E-state index is 13.0. The SMILES string of the molecule is CC1(C)CN(CCNC(=O)C2CC(F)(F)CN2)CCO1.Cl.Cl. The van der Waals surface area contributed by atoms with Crippen molar-refractivity contribution >= 4 is 30.7 Å². The van der Waals surface area contributed by atoms with Crippen LogP contribution in [0.5, 0.6) is 0 Å². The van der Waals surface area contributed by atoms with E-state index in [0.29, 0.717) is 19.7 Å². The maximum Gasteiger partial charge on any atom is 0.262 e. The number of morpholine rings is 1. The molecule has 1 unspecified atom stereocenters. The summed E-state index contributed by atoms with van der Waals surface area (Å²) in [5.74, 6) is -3.11. The van der Waals surface area contributed by atoms with Crippen molar-refractivity contribution in [2.45, 2.75) is 37.8 Å². The summed E-state index contributed by atoms with van der Waals surface area (Å²) < 4.78 is 31.6. The van der Waals surface area contributed by atoms with Crippen LogP contribution in [0.4, 0.5) is 8.78 Å². The Labute approximate surface area is 142 Å². The average Bonchev–Trinajstić information content (AvgIpc) is 2.68. The molecule has 2 aliphatic heterocycles. The van der Waals surface area contributed by atoms with E-state index in [1.807, 2.05) is 13.8 Å². The molecule has 2 saturated heterocycles. The van der Waals surface area contributed by atoms with Crippen LogP contribution in [0.3, 0.4) is 0 Å². The number of nitrogens with one attached hydrogen (secondary N) is 2. The molecule has 0 bridgehead atoms. The number of hydrogen-bond donors (Lipinski definition) is 2. The Kier molecular flexibility index (Phi) is 8.51. The lowest BCUT2D eigenvalue weighted by atomic mass is 10.1. The zero-order valence-corrected chi connectivity index (χ0v) is 14.5. The molecule has 2 heterocycles. The number of rotatable bonds is 4. The number of amides is 1. The second-order valence-electron chi connectivity index (χ2n) is 6.17. The highest BCUT2D eigenvalue weighted by Crippen LogP contribution is 2.25. The smallest absolute Gasteiger partial charge is 0.262 e. The minimum atomic E-state index is -2.77. The first-order valence-corrected chi connectivity index (χ1v) is 7.03. The molecule has 0 aromatic carbocycles. The van der Waals surface area contributed by atoms with Gasteiger partial charge in [-0.3, -0.25) is 15.0 Å². The van der Waals surface area contributed by atoms with Crippen molar-refractivity contribution in [3.63, 3.8) is 0 Å². The number of carbonyl (C=O) groups is 1. The normalized spacial score (nSPS) is 26.6. The van der Waals surface area contributed by atoms with Gasteiger partial charge in [0.15, 0.2) is 0 Å². The first-order valence-electron chi connectivity index (χ1n) is 7.03. The number of alkyl halides is 2. The third-order valence-electron chi connectivity index (χ3n) is 3.66. The van der Waals surface area contributed by atoms with E-state index in [9.17, 15) is 13.6 Å². The third kappa shape index (κ3) is 6.50. The number of hydrogen-bond acceptors (Lipinski definition) is 4. The summed E-state index contributed by atoms with van der Waals surface area (Å²) in [5.41, 5.74) is -0.169. The van der Waals surface area contributed by atoms with E-state index in [1.54, 1.807) is 0 Å². The van der Waals surface area contributed by atoms with Gasteiger partial charge in [-0.05, 0) is 13.8 Å². The number of ether oxygens (including phenoxy) is 1. The summed E-state index contributed by atoms with van der Waals surface area (Å²) in [7, 11) is 0. The minimum Gasteiger partial charge on any atom is -0.373 e. The summed E-state index contributed by atoms with van der Waals surface area (Å²) in [6.07, 6.45) is -0.413. The Morgan fingerprint density at radius 3 is 2.64 bits per heavy atom. The van der Waals surface area contributed by atoms with E-state index in [2.05, 4.69) is 15.5 Å². The van der Waals surface area contributed by atoms with Crippen LogP contribution in [0.1, 0.15) is 20.3 Å². The summed E-state index contributed by atoms with van der Waals surface area (Å²) in [4.78, 5) is 14.0. The standard InChI is InChI=1S/C13H23F2N3O2.2ClH/c1-12(2)9-18(5-6-20-12)4-3-16-11(19)10-7-13(14,15)8-17-10;;/h10,17H,3-9H2,1-2H3,(H,16,19);2*1H. The molecule has 22 heavy (non-hydrogen) atoms. The molecule has 5 nitrogen and oxygen atoms in total. The Morgan fingerprint density at radius 1 is 1.41 bits per heavy atom. The number of nitrogens with zero attached hydrogens (tertiary/aromatic N) is 1. The van der Waals surface area contributed by atoms with Crippen LogP contribution in [0, 0.1) is 0 Å². The van der Waals surface area contributed by atoms with Crippen LogP contribution < -0.4 is 10.6 Å². The Bertz CT molecular complexity index is 373. The van der Waals surface area contributed by atoms with Crippen LogP contribution in [0.2, 0.25) is 0 Å². The molecule has 9 heteroatoms. The largest absolute Gasteiger partial charge is 0.373 e. The molecule has 0 spiro atoms. The molecule has 1 atom stereocenters. The van der Waals surface area contributed by atoms with Gasteiger partial charge in [0, 0.05) is 32.6 Å². The van der Waals surface area contributed by atoms with E-state index in [0.717, 1.165) is 13.1 Å². The van der Waals surface area contributed by atoms with Gasteiger partial charge in [-0.25, -0.2) is 8.78 Å². The van der Waals surface area contributed by atoms with Crippen molar-refractivity contribution in [2.24, 2.45) is 0 Å². The quantitative estimate of drug-likeness (QED) is 0.783. The summed E-state index contributed by atoms with van der Waals surface area (Å²) in [6, 6.07) is -0.772. The van der Waals surface area contributed by atoms with Gasteiger partial charge in [-0.2, -0.15) is 0 Å². The molecule has 0 aromatic heterocycles. The third-order valence-corrected chi connectivity index (χ3v) is 3.66. The zero-order chi connectivity index (χ0) is 14.8. The molecule has 2 aliphatic rings. The molecule has 2 fully saturated rings. The molecular weight excluding hydrogens is 339 g/mol. The molecule has 0 radical (unpaired) electrons. The van der Waals surface area contributed by atoms with Crippen LogP contribution in [-0.4, -0.2) is 67.7 Å². The lowest BCUT2D eigenvalue weighted by molar-refractivity contribution is -0.123. The van der Waals surface area contributed by atoms with Gasteiger partial charge in [0.05, 0.1) is 24.8 Å². The molecule has 2 N–H and O–H groups in total. The van der Waals surface area contributed by atoms with Crippen molar-refractivity contribution in [2.75, 3.05) is 39.3 Å². The highest BCUT2D eigenvalue weighted by atomic mass is 35.5. The zero-order valence-electron chi connectivity index (χ0n) is 12.9. The number of halogens is 4. The lowest BCUT2D eigenvalue weighted by Crippen LogP contribution is -2.51. The van der Waals surface area contributed by atoms with Gasteiger partial charge < -0.3 is 10.1 Å². The molecule has 1 amide bonds. The summed E-state index contributed by atoms with van der Waals surface area (Å²) in [5, 5.41) is 5.27. The van der Waals surface area contributed by atoms with E-state index in [-0.39, 0.29) is 36.3 Å². The minimum absolute atomic E-state index is 0.